The van der Waals surface area contributed by atoms with Crippen LogP contribution in [0.4, 0.5) is 0 Å². The molecule has 0 fully saturated rings. The fraction of sp³-hybridized carbons (Fsp3) is 0.122. The van der Waals surface area contributed by atoms with Crippen molar-refractivity contribution in [1.82, 2.24) is 4.57 Å². The van der Waals surface area contributed by atoms with Gasteiger partial charge >= 0.3 is 0 Å². The van der Waals surface area contributed by atoms with Crippen LogP contribution in [0, 0.1) is 13.8 Å². The van der Waals surface area contributed by atoms with Crippen LogP contribution in [0.25, 0.3) is 49.7 Å². The van der Waals surface area contributed by atoms with Crippen LogP contribution in [0.5, 0.6) is 0 Å². The zero-order valence-corrected chi connectivity index (χ0v) is 24.1. The highest BCUT2D eigenvalue weighted by Crippen LogP contribution is 2.46. The highest BCUT2D eigenvalue weighted by atomic mass is 15.0. The van der Waals surface area contributed by atoms with Crippen molar-refractivity contribution < 1.29 is 0 Å². The maximum atomic E-state index is 2.41. The fourth-order valence-electron chi connectivity index (χ4n) is 7.36. The van der Waals surface area contributed by atoms with Crippen LogP contribution >= 0.6 is 0 Å². The minimum atomic E-state index is 0.466. The van der Waals surface area contributed by atoms with Gasteiger partial charge in [-0.3, -0.25) is 0 Å². The van der Waals surface area contributed by atoms with Crippen LogP contribution in [0.3, 0.4) is 0 Å². The normalized spacial score (nSPS) is 12.6. The summed E-state index contributed by atoms with van der Waals surface area (Å²) in [6.07, 6.45) is 2.19. The summed E-state index contributed by atoms with van der Waals surface area (Å²) >= 11 is 0. The van der Waals surface area contributed by atoms with E-state index in [-0.39, 0.29) is 0 Å². The maximum absolute atomic E-state index is 2.41. The average Bonchev–Trinajstić information content (AvgIpc) is 3.53. The van der Waals surface area contributed by atoms with Crippen LogP contribution in [0.2, 0.25) is 0 Å². The molecule has 1 aliphatic carbocycles. The zero-order valence-electron chi connectivity index (χ0n) is 24.1. The van der Waals surface area contributed by atoms with E-state index in [9.17, 15) is 0 Å². The van der Waals surface area contributed by atoms with Crippen molar-refractivity contribution in [2.24, 2.45) is 0 Å². The Hall–Kier alpha value is -4.88. The standard InChI is InChI=1S/C41H33N/c1-27-25-29(20-23-37-35-13-5-3-11-33(35)34-12-4-6-14-36(34)37)19-22-31(27)32-24-21-30(26-28(32)2)42-40-17-9-7-15-38(40)39-16-8-10-18-41(39)42/h3-19,21-22,24-26,37H,20,23H2,1-2H3. The number of nitrogens with zero attached hydrogens (tertiary/aromatic N) is 1. The number of rotatable bonds is 5. The molecule has 1 heterocycles. The molecular formula is C41H33N. The summed E-state index contributed by atoms with van der Waals surface area (Å²) in [5.41, 5.74) is 16.2. The molecule has 1 aromatic heterocycles. The van der Waals surface area contributed by atoms with E-state index in [2.05, 4.69) is 152 Å². The van der Waals surface area contributed by atoms with E-state index in [1.807, 2.05) is 0 Å². The second kappa shape index (κ2) is 9.89. The Bertz CT molecular complexity index is 2030. The van der Waals surface area contributed by atoms with Gasteiger partial charge in [-0.05, 0) is 101 Å². The molecule has 0 amide bonds. The predicted molar refractivity (Wildman–Crippen MR) is 178 cm³/mol. The molecule has 6 aromatic carbocycles. The van der Waals surface area contributed by atoms with E-state index in [0.29, 0.717) is 5.92 Å². The molecule has 0 bridgehead atoms. The van der Waals surface area contributed by atoms with Crippen molar-refractivity contribution in [2.45, 2.75) is 32.6 Å². The predicted octanol–water partition coefficient (Wildman–Crippen LogP) is 10.8. The molecule has 1 nitrogen and oxygen atoms in total. The summed E-state index contributed by atoms with van der Waals surface area (Å²) in [6, 6.07) is 49.4. The highest BCUT2D eigenvalue weighted by molar-refractivity contribution is 6.09. The topological polar surface area (TPSA) is 4.93 Å². The van der Waals surface area contributed by atoms with Gasteiger partial charge in [0.2, 0.25) is 0 Å². The summed E-state index contributed by atoms with van der Waals surface area (Å²) in [5.74, 6) is 0.466. The molecular weight excluding hydrogens is 506 g/mol. The Balaban J connectivity index is 1.09. The smallest absolute Gasteiger partial charge is 0.0541 e. The third-order valence-electron chi connectivity index (χ3n) is 9.31. The van der Waals surface area contributed by atoms with Crippen molar-refractivity contribution in [1.29, 1.82) is 0 Å². The Morgan fingerprint density at radius 3 is 1.62 bits per heavy atom. The van der Waals surface area contributed by atoms with Gasteiger partial charge in [-0.15, -0.1) is 0 Å². The van der Waals surface area contributed by atoms with Crippen LogP contribution in [-0.2, 0) is 6.42 Å². The van der Waals surface area contributed by atoms with Crippen molar-refractivity contribution in [3.05, 3.63) is 161 Å². The number of para-hydroxylation sites is 2. The third-order valence-corrected chi connectivity index (χ3v) is 9.31. The van der Waals surface area contributed by atoms with E-state index in [4.69, 9.17) is 0 Å². The van der Waals surface area contributed by atoms with Crippen molar-refractivity contribution in [2.75, 3.05) is 0 Å². The number of hydrogen-bond acceptors (Lipinski definition) is 0. The number of hydrogen-bond donors (Lipinski definition) is 0. The molecule has 8 rings (SSSR count). The van der Waals surface area contributed by atoms with Crippen LogP contribution in [-0.4, -0.2) is 4.57 Å². The summed E-state index contributed by atoms with van der Waals surface area (Å²) in [4.78, 5) is 0. The molecule has 0 unspecified atom stereocenters. The van der Waals surface area contributed by atoms with E-state index < -0.39 is 0 Å². The molecule has 0 N–H and O–H groups in total. The lowest BCUT2D eigenvalue weighted by Gasteiger charge is -2.16. The minimum Gasteiger partial charge on any atom is -0.309 e. The number of benzene rings is 6. The first-order valence-electron chi connectivity index (χ1n) is 15.0. The molecule has 0 aliphatic heterocycles. The van der Waals surface area contributed by atoms with E-state index in [1.54, 1.807) is 0 Å². The van der Waals surface area contributed by atoms with Crippen LogP contribution in [0.15, 0.2) is 133 Å². The SMILES string of the molecule is Cc1cc(CCC2c3ccccc3-c3ccccc32)ccc1-c1ccc(-n2c3ccccc3c3ccccc32)cc1C. The molecule has 0 saturated carbocycles. The highest BCUT2D eigenvalue weighted by Gasteiger charge is 2.27. The monoisotopic (exact) mass is 539 g/mol. The van der Waals surface area contributed by atoms with Gasteiger partial charge in [0.15, 0.2) is 0 Å². The fourth-order valence-corrected chi connectivity index (χ4v) is 7.36. The first-order valence-corrected chi connectivity index (χ1v) is 15.0. The summed E-state index contributed by atoms with van der Waals surface area (Å²) in [5, 5.41) is 2.59. The second-order valence-corrected chi connectivity index (χ2v) is 11.8. The van der Waals surface area contributed by atoms with Crippen LogP contribution in [0.1, 0.15) is 40.2 Å². The van der Waals surface area contributed by atoms with Gasteiger partial charge in [0.1, 0.15) is 0 Å². The molecule has 0 spiro atoms. The van der Waals surface area contributed by atoms with Gasteiger partial charge in [0.25, 0.3) is 0 Å². The summed E-state index contributed by atoms with van der Waals surface area (Å²) in [6.45, 7) is 4.51. The van der Waals surface area contributed by atoms with Gasteiger partial charge in [-0.1, -0.05) is 109 Å². The van der Waals surface area contributed by atoms with Gasteiger partial charge < -0.3 is 4.57 Å². The van der Waals surface area contributed by atoms with Crippen molar-refractivity contribution in [3.8, 4) is 27.9 Å². The van der Waals surface area contributed by atoms with E-state index in [1.165, 1.54) is 77.6 Å². The lowest BCUT2D eigenvalue weighted by Crippen LogP contribution is -2.00. The van der Waals surface area contributed by atoms with Gasteiger partial charge in [-0.25, -0.2) is 0 Å². The second-order valence-electron chi connectivity index (χ2n) is 11.8. The van der Waals surface area contributed by atoms with Gasteiger partial charge in [0.05, 0.1) is 11.0 Å². The number of aryl methyl sites for hydroxylation is 3. The maximum Gasteiger partial charge on any atom is 0.0541 e. The first-order chi connectivity index (χ1) is 20.7. The lowest BCUT2D eigenvalue weighted by atomic mass is 9.89. The largest absolute Gasteiger partial charge is 0.309 e. The van der Waals surface area contributed by atoms with Crippen molar-refractivity contribution >= 4 is 21.8 Å². The quantitative estimate of drug-likeness (QED) is 0.205. The molecule has 7 aromatic rings. The summed E-state index contributed by atoms with van der Waals surface area (Å²) in [7, 11) is 0. The Morgan fingerprint density at radius 1 is 0.500 bits per heavy atom. The summed E-state index contributed by atoms with van der Waals surface area (Å²) < 4.78 is 2.40. The minimum absolute atomic E-state index is 0.466. The molecule has 42 heavy (non-hydrogen) atoms. The first kappa shape index (κ1) is 24.9. The zero-order chi connectivity index (χ0) is 28.2. The Labute approximate surface area is 247 Å². The van der Waals surface area contributed by atoms with Crippen molar-refractivity contribution in [3.63, 3.8) is 0 Å². The third kappa shape index (κ3) is 3.92. The average molecular weight is 540 g/mol. The van der Waals surface area contributed by atoms with Gasteiger partial charge in [-0.2, -0.15) is 0 Å². The molecule has 0 atom stereocenters. The molecule has 1 aliphatic rings. The lowest BCUT2D eigenvalue weighted by molar-refractivity contribution is 0.729. The Morgan fingerprint density at radius 2 is 1.02 bits per heavy atom. The van der Waals surface area contributed by atoms with Crippen LogP contribution < -0.4 is 0 Å². The molecule has 0 saturated heterocycles. The molecule has 0 radical (unpaired) electrons. The van der Waals surface area contributed by atoms with E-state index in [0.717, 1.165) is 12.8 Å². The number of aromatic nitrogens is 1. The molecule has 1 heteroatoms. The number of fused-ring (bicyclic) bond motifs is 6. The van der Waals surface area contributed by atoms with Gasteiger partial charge in [0, 0.05) is 22.4 Å². The van der Waals surface area contributed by atoms with E-state index >= 15 is 0 Å². The Kier molecular flexibility index (Phi) is 5.86. The molecule has 202 valence electrons.